The van der Waals surface area contributed by atoms with Gasteiger partial charge in [-0.1, -0.05) is 18.2 Å². The molecule has 0 aliphatic heterocycles. The first-order chi connectivity index (χ1) is 10.4. The molecule has 0 bridgehead atoms. The van der Waals surface area contributed by atoms with Crippen LogP contribution in [0.25, 0.3) is 0 Å². The van der Waals surface area contributed by atoms with E-state index < -0.39 is 11.7 Å². The Morgan fingerprint density at radius 1 is 1.14 bits per heavy atom. The normalized spacial score (nSPS) is 13.5. The Hall–Kier alpha value is -1.79. The van der Waals surface area contributed by atoms with E-state index in [4.69, 9.17) is 4.42 Å². The van der Waals surface area contributed by atoms with Crippen molar-refractivity contribution in [1.82, 2.24) is 10.2 Å². The lowest BCUT2D eigenvalue weighted by Gasteiger charge is -2.23. The summed E-state index contributed by atoms with van der Waals surface area (Å²) in [7, 11) is 3.80. The van der Waals surface area contributed by atoms with Gasteiger partial charge in [0.25, 0.3) is 0 Å². The van der Waals surface area contributed by atoms with Crippen LogP contribution in [0.1, 0.15) is 22.9 Å². The zero-order valence-corrected chi connectivity index (χ0v) is 12.5. The lowest BCUT2D eigenvalue weighted by molar-refractivity contribution is -0.138. The molecule has 0 radical (unpaired) electrons. The smallest absolute Gasteiger partial charge is 0.416 e. The molecule has 0 aliphatic carbocycles. The molecule has 1 heterocycles. The molecule has 22 heavy (non-hydrogen) atoms. The highest BCUT2D eigenvalue weighted by Gasteiger charge is 2.32. The van der Waals surface area contributed by atoms with Crippen molar-refractivity contribution >= 4 is 0 Å². The molecule has 1 N–H and O–H groups in total. The molecule has 0 spiro atoms. The van der Waals surface area contributed by atoms with Gasteiger partial charge in [0.1, 0.15) is 5.76 Å². The van der Waals surface area contributed by atoms with Crippen LogP contribution in [0.4, 0.5) is 13.2 Å². The summed E-state index contributed by atoms with van der Waals surface area (Å²) in [6, 6.07) is 9.23. The molecule has 0 amide bonds. The lowest BCUT2D eigenvalue weighted by atomic mass is 10.1. The van der Waals surface area contributed by atoms with E-state index in [0.29, 0.717) is 6.54 Å². The fraction of sp³-hybridized carbons (Fsp3) is 0.375. The number of rotatable bonds is 6. The summed E-state index contributed by atoms with van der Waals surface area (Å²) >= 11 is 0. The molecule has 1 atom stereocenters. The van der Waals surface area contributed by atoms with Crippen LogP contribution in [0.3, 0.4) is 0 Å². The number of alkyl halides is 3. The third-order valence-corrected chi connectivity index (χ3v) is 3.47. The molecule has 2 rings (SSSR count). The van der Waals surface area contributed by atoms with E-state index in [-0.39, 0.29) is 18.2 Å². The van der Waals surface area contributed by atoms with E-state index in [1.165, 1.54) is 12.1 Å². The first-order valence-corrected chi connectivity index (χ1v) is 6.95. The first-order valence-electron chi connectivity index (χ1n) is 6.95. The van der Waals surface area contributed by atoms with Gasteiger partial charge in [-0.15, -0.1) is 0 Å². The topological polar surface area (TPSA) is 28.4 Å². The van der Waals surface area contributed by atoms with Gasteiger partial charge in [-0.3, -0.25) is 4.90 Å². The highest BCUT2D eigenvalue weighted by molar-refractivity contribution is 5.29. The van der Waals surface area contributed by atoms with Gasteiger partial charge in [0.05, 0.1) is 17.9 Å². The van der Waals surface area contributed by atoms with Crippen LogP contribution in [-0.2, 0) is 12.7 Å². The molecule has 1 aromatic heterocycles. The summed E-state index contributed by atoms with van der Waals surface area (Å²) < 4.78 is 44.2. The van der Waals surface area contributed by atoms with Gasteiger partial charge in [-0.2, -0.15) is 13.2 Å². The zero-order chi connectivity index (χ0) is 16.2. The Kier molecular flexibility index (Phi) is 5.26. The van der Waals surface area contributed by atoms with Crippen LogP contribution in [0, 0.1) is 0 Å². The maximum atomic E-state index is 12.9. The van der Waals surface area contributed by atoms with E-state index in [2.05, 4.69) is 5.32 Å². The second-order valence-electron chi connectivity index (χ2n) is 5.28. The quantitative estimate of drug-likeness (QED) is 0.882. The Morgan fingerprint density at radius 3 is 2.45 bits per heavy atom. The SMILES string of the molecule is CN(C)C(CNCc1ccccc1C(F)(F)F)c1ccco1. The summed E-state index contributed by atoms with van der Waals surface area (Å²) in [5.74, 6) is 0.779. The van der Waals surface area contributed by atoms with Crippen molar-refractivity contribution in [3.05, 3.63) is 59.5 Å². The van der Waals surface area contributed by atoms with Gasteiger partial charge < -0.3 is 9.73 Å². The number of halogens is 3. The molecule has 2 aromatic rings. The van der Waals surface area contributed by atoms with Gasteiger partial charge in [0.15, 0.2) is 0 Å². The maximum Gasteiger partial charge on any atom is 0.416 e. The average Bonchev–Trinajstić information content (AvgIpc) is 2.96. The third kappa shape index (κ3) is 4.11. The lowest BCUT2D eigenvalue weighted by Crippen LogP contribution is -2.31. The number of benzene rings is 1. The minimum atomic E-state index is -4.33. The highest BCUT2D eigenvalue weighted by atomic mass is 19.4. The second-order valence-corrected chi connectivity index (χ2v) is 5.28. The molecule has 6 heteroatoms. The Bertz CT molecular complexity index is 579. The first kappa shape index (κ1) is 16.6. The maximum absolute atomic E-state index is 12.9. The Balaban J connectivity index is 2.02. The van der Waals surface area contributed by atoms with Crippen molar-refractivity contribution in [3.8, 4) is 0 Å². The van der Waals surface area contributed by atoms with Gasteiger partial charge in [-0.25, -0.2) is 0 Å². The number of likely N-dealkylation sites (N-methyl/N-ethyl adjacent to an activating group) is 1. The van der Waals surface area contributed by atoms with E-state index >= 15 is 0 Å². The van der Waals surface area contributed by atoms with E-state index in [9.17, 15) is 13.2 Å². The number of hydrogen-bond donors (Lipinski definition) is 1. The number of nitrogens with zero attached hydrogens (tertiary/aromatic N) is 1. The summed E-state index contributed by atoms with van der Waals surface area (Å²) in [6.45, 7) is 0.646. The second kappa shape index (κ2) is 6.98. The molecular formula is C16H19F3N2O. The predicted octanol–water partition coefficient (Wildman–Crippen LogP) is 3.69. The highest BCUT2D eigenvalue weighted by Crippen LogP contribution is 2.31. The minimum Gasteiger partial charge on any atom is -0.468 e. The summed E-state index contributed by atoms with van der Waals surface area (Å²) in [5, 5.41) is 3.08. The monoisotopic (exact) mass is 312 g/mol. The number of nitrogens with one attached hydrogen (secondary N) is 1. The van der Waals surface area contributed by atoms with Crippen molar-refractivity contribution in [3.63, 3.8) is 0 Å². The summed E-state index contributed by atoms with van der Waals surface area (Å²) in [4.78, 5) is 1.96. The largest absolute Gasteiger partial charge is 0.468 e. The molecule has 1 unspecified atom stereocenters. The van der Waals surface area contributed by atoms with E-state index in [1.807, 2.05) is 25.1 Å². The van der Waals surface area contributed by atoms with Crippen LogP contribution in [0.15, 0.2) is 47.1 Å². The zero-order valence-electron chi connectivity index (χ0n) is 12.5. The van der Waals surface area contributed by atoms with Crippen LogP contribution in [-0.4, -0.2) is 25.5 Å². The summed E-state index contributed by atoms with van der Waals surface area (Å²) in [6.07, 6.45) is -2.75. The standard InChI is InChI=1S/C16H19F3N2O/c1-21(2)14(15-8-5-9-22-15)11-20-10-12-6-3-4-7-13(12)16(17,18)19/h3-9,14,20H,10-11H2,1-2H3. The molecule has 3 nitrogen and oxygen atoms in total. The van der Waals surface area contributed by atoms with Crippen LogP contribution in [0.2, 0.25) is 0 Å². The van der Waals surface area contributed by atoms with E-state index in [1.54, 1.807) is 18.4 Å². The molecule has 0 saturated heterocycles. The number of furan rings is 1. The molecule has 0 saturated carbocycles. The van der Waals surface area contributed by atoms with Crippen molar-refractivity contribution in [1.29, 1.82) is 0 Å². The van der Waals surface area contributed by atoms with Crippen LogP contribution in [0.5, 0.6) is 0 Å². The molecule has 0 aliphatic rings. The average molecular weight is 312 g/mol. The minimum absolute atomic E-state index is 0.0342. The van der Waals surface area contributed by atoms with Crippen molar-refractivity contribution < 1.29 is 17.6 Å². The van der Waals surface area contributed by atoms with Gasteiger partial charge in [0.2, 0.25) is 0 Å². The van der Waals surface area contributed by atoms with Gasteiger partial charge >= 0.3 is 6.18 Å². The predicted molar refractivity (Wildman–Crippen MR) is 78.3 cm³/mol. The van der Waals surface area contributed by atoms with Crippen LogP contribution < -0.4 is 5.32 Å². The number of hydrogen-bond acceptors (Lipinski definition) is 3. The van der Waals surface area contributed by atoms with Crippen molar-refractivity contribution in [2.75, 3.05) is 20.6 Å². The van der Waals surface area contributed by atoms with Crippen molar-refractivity contribution in [2.45, 2.75) is 18.8 Å². The molecular weight excluding hydrogens is 293 g/mol. The fourth-order valence-corrected chi connectivity index (χ4v) is 2.31. The van der Waals surface area contributed by atoms with Gasteiger partial charge in [-0.05, 0) is 37.9 Å². The Morgan fingerprint density at radius 2 is 1.86 bits per heavy atom. The Labute approximate surface area is 127 Å². The third-order valence-electron chi connectivity index (χ3n) is 3.47. The van der Waals surface area contributed by atoms with Gasteiger partial charge in [0, 0.05) is 13.1 Å². The molecule has 1 aromatic carbocycles. The molecule has 120 valence electrons. The fourth-order valence-electron chi connectivity index (χ4n) is 2.31. The van der Waals surface area contributed by atoms with Crippen LogP contribution >= 0.6 is 0 Å². The van der Waals surface area contributed by atoms with E-state index in [0.717, 1.165) is 11.8 Å². The molecule has 0 fully saturated rings. The summed E-state index contributed by atoms with van der Waals surface area (Å²) in [5.41, 5.74) is -0.353. The van der Waals surface area contributed by atoms with Crippen molar-refractivity contribution in [2.24, 2.45) is 0 Å².